The third kappa shape index (κ3) is 4.52. The van der Waals surface area contributed by atoms with Gasteiger partial charge in [-0.25, -0.2) is 0 Å². The fourth-order valence-electron chi connectivity index (χ4n) is 3.01. The second-order valence-corrected chi connectivity index (χ2v) is 6.26. The highest BCUT2D eigenvalue weighted by atomic mass is 16.5. The van der Waals surface area contributed by atoms with Crippen LogP contribution in [-0.2, 0) is 0 Å². The number of rotatable bonds is 6. The van der Waals surface area contributed by atoms with Crippen molar-refractivity contribution in [3.8, 4) is 5.75 Å². The van der Waals surface area contributed by atoms with Crippen LogP contribution in [0.4, 0.5) is 0 Å². The molecule has 1 aromatic carbocycles. The van der Waals surface area contributed by atoms with Gasteiger partial charge in [-0.1, -0.05) is 32.4 Å². The molecule has 1 aliphatic rings. The van der Waals surface area contributed by atoms with Crippen LogP contribution in [0.2, 0.25) is 0 Å². The van der Waals surface area contributed by atoms with E-state index in [1.54, 1.807) is 0 Å². The van der Waals surface area contributed by atoms with E-state index in [4.69, 9.17) is 4.74 Å². The second kappa shape index (κ2) is 7.68. The molecule has 20 heavy (non-hydrogen) atoms. The third-order valence-corrected chi connectivity index (χ3v) is 4.25. The topological polar surface area (TPSA) is 21.3 Å². The molecular weight excluding hydrogens is 246 g/mol. The fourth-order valence-corrected chi connectivity index (χ4v) is 3.01. The van der Waals surface area contributed by atoms with E-state index in [-0.39, 0.29) is 0 Å². The Morgan fingerprint density at radius 3 is 2.95 bits per heavy atom. The molecule has 112 valence electrons. The first kappa shape index (κ1) is 15.4. The molecule has 2 rings (SSSR count). The summed E-state index contributed by atoms with van der Waals surface area (Å²) in [6, 6.07) is 8.98. The first-order valence-electron chi connectivity index (χ1n) is 8.19. The highest BCUT2D eigenvalue weighted by Crippen LogP contribution is 2.28. The lowest BCUT2D eigenvalue weighted by Gasteiger charge is -2.27. The molecule has 1 N–H and O–H groups in total. The molecule has 0 saturated heterocycles. The van der Waals surface area contributed by atoms with E-state index >= 15 is 0 Å². The summed E-state index contributed by atoms with van der Waals surface area (Å²) < 4.78 is 6.19. The molecule has 1 saturated carbocycles. The standard InChI is InChI=1S/C18H29NO/c1-4-11-19-15(3)16-8-6-10-18(13-16)20-17-9-5-7-14(2)12-17/h6,8,10,13-15,17,19H,4-5,7,9,11-12H2,1-3H3. The highest BCUT2D eigenvalue weighted by Gasteiger charge is 2.20. The predicted octanol–water partition coefficient (Wildman–Crippen LogP) is 4.70. The zero-order valence-corrected chi connectivity index (χ0v) is 13.2. The van der Waals surface area contributed by atoms with Crippen molar-refractivity contribution in [1.82, 2.24) is 5.32 Å². The largest absolute Gasteiger partial charge is 0.490 e. The second-order valence-electron chi connectivity index (χ2n) is 6.26. The molecule has 0 aromatic heterocycles. The predicted molar refractivity (Wildman–Crippen MR) is 85.2 cm³/mol. The van der Waals surface area contributed by atoms with Crippen LogP contribution in [-0.4, -0.2) is 12.6 Å². The summed E-state index contributed by atoms with van der Waals surface area (Å²) in [4.78, 5) is 0. The fraction of sp³-hybridized carbons (Fsp3) is 0.667. The Kier molecular flexibility index (Phi) is 5.90. The van der Waals surface area contributed by atoms with Gasteiger partial charge in [0.25, 0.3) is 0 Å². The monoisotopic (exact) mass is 275 g/mol. The smallest absolute Gasteiger partial charge is 0.120 e. The minimum absolute atomic E-state index is 0.392. The molecule has 1 aromatic rings. The Balaban J connectivity index is 1.94. The molecule has 2 heteroatoms. The molecule has 1 fully saturated rings. The molecule has 0 amide bonds. The summed E-state index contributed by atoms with van der Waals surface area (Å²) in [5.74, 6) is 1.84. The van der Waals surface area contributed by atoms with Crippen LogP contribution < -0.4 is 10.1 Å². The van der Waals surface area contributed by atoms with Crippen molar-refractivity contribution in [2.45, 2.75) is 65.0 Å². The van der Waals surface area contributed by atoms with E-state index in [0.717, 1.165) is 18.2 Å². The van der Waals surface area contributed by atoms with Crippen molar-refractivity contribution in [2.24, 2.45) is 5.92 Å². The number of nitrogens with one attached hydrogen (secondary N) is 1. The van der Waals surface area contributed by atoms with Gasteiger partial charge in [0.15, 0.2) is 0 Å². The summed E-state index contributed by atoms with van der Waals surface area (Å²) >= 11 is 0. The quantitative estimate of drug-likeness (QED) is 0.812. The average Bonchev–Trinajstić information content (AvgIpc) is 2.45. The Morgan fingerprint density at radius 1 is 1.35 bits per heavy atom. The zero-order valence-electron chi connectivity index (χ0n) is 13.2. The summed E-state index contributed by atoms with van der Waals surface area (Å²) in [5, 5.41) is 3.53. The van der Waals surface area contributed by atoms with Crippen molar-refractivity contribution >= 4 is 0 Å². The van der Waals surface area contributed by atoms with Crippen molar-refractivity contribution in [1.29, 1.82) is 0 Å². The first-order chi connectivity index (χ1) is 9.69. The lowest BCUT2D eigenvalue weighted by atomic mass is 9.89. The van der Waals surface area contributed by atoms with E-state index < -0.39 is 0 Å². The summed E-state index contributed by atoms with van der Waals surface area (Å²) in [5.41, 5.74) is 1.32. The summed E-state index contributed by atoms with van der Waals surface area (Å²) in [6.45, 7) is 7.82. The number of ether oxygens (including phenoxy) is 1. The average molecular weight is 275 g/mol. The minimum Gasteiger partial charge on any atom is -0.490 e. The number of hydrogen-bond donors (Lipinski definition) is 1. The van der Waals surface area contributed by atoms with Crippen molar-refractivity contribution < 1.29 is 4.74 Å². The molecule has 1 aliphatic carbocycles. The Labute approximate surface area is 123 Å². The molecular formula is C18H29NO. The molecule has 0 heterocycles. The molecule has 3 atom stereocenters. The first-order valence-corrected chi connectivity index (χ1v) is 8.19. The maximum Gasteiger partial charge on any atom is 0.120 e. The van der Waals surface area contributed by atoms with E-state index in [1.165, 1.54) is 37.7 Å². The Morgan fingerprint density at radius 2 is 2.20 bits per heavy atom. The minimum atomic E-state index is 0.392. The van der Waals surface area contributed by atoms with Gasteiger partial charge in [-0.05, 0) is 62.8 Å². The van der Waals surface area contributed by atoms with Gasteiger partial charge in [0.2, 0.25) is 0 Å². The van der Waals surface area contributed by atoms with Gasteiger partial charge < -0.3 is 10.1 Å². The highest BCUT2D eigenvalue weighted by molar-refractivity contribution is 5.30. The lowest BCUT2D eigenvalue weighted by molar-refractivity contribution is 0.129. The van der Waals surface area contributed by atoms with Gasteiger partial charge in [-0.3, -0.25) is 0 Å². The van der Waals surface area contributed by atoms with Crippen LogP contribution in [0.15, 0.2) is 24.3 Å². The van der Waals surface area contributed by atoms with Crippen molar-refractivity contribution in [3.63, 3.8) is 0 Å². The van der Waals surface area contributed by atoms with E-state index in [0.29, 0.717) is 12.1 Å². The molecule has 2 nitrogen and oxygen atoms in total. The maximum atomic E-state index is 6.19. The molecule has 3 unspecified atom stereocenters. The molecule has 0 spiro atoms. The van der Waals surface area contributed by atoms with Gasteiger partial charge >= 0.3 is 0 Å². The molecule has 0 aliphatic heterocycles. The van der Waals surface area contributed by atoms with Crippen LogP contribution in [0, 0.1) is 5.92 Å². The number of benzene rings is 1. The van der Waals surface area contributed by atoms with Crippen molar-refractivity contribution in [3.05, 3.63) is 29.8 Å². The van der Waals surface area contributed by atoms with Crippen LogP contribution >= 0.6 is 0 Å². The van der Waals surface area contributed by atoms with Gasteiger partial charge in [0.05, 0.1) is 6.10 Å². The van der Waals surface area contributed by atoms with Crippen molar-refractivity contribution in [2.75, 3.05) is 6.54 Å². The lowest BCUT2D eigenvalue weighted by Crippen LogP contribution is -2.24. The summed E-state index contributed by atoms with van der Waals surface area (Å²) in [7, 11) is 0. The van der Waals surface area contributed by atoms with E-state index in [1.807, 2.05) is 0 Å². The summed E-state index contributed by atoms with van der Waals surface area (Å²) in [6.07, 6.45) is 6.65. The molecule has 0 radical (unpaired) electrons. The van der Waals surface area contributed by atoms with Crippen LogP contribution in [0.5, 0.6) is 5.75 Å². The van der Waals surface area contributed by atoms with Gasteiger partial charge in [0, 0.05) is 6.04 Å². The van der Waals surface area contributed by atoms with Gasteiger partial charge in [-0.2, -0.15) is 0 Å². The van der Waals surface area contributed by atoms with Crippen LogP contribution in [0.25, 0.3) is 0 Å². The van der Waals surface area contributed by atoms with Gasteiger partial charge in [0.1, 0.15) is 5.75 Å². The Bertz CT molecular complexity index is 404. The van der Waals surface area contributed by atoms with E-state index in [2.05, 4.69) is 50.4 Å². The van der Waals surface area contributed by atoms with Gasteiger partial charge in [-0.15, -0.1) is 0 Å². The number of hydrogen-bond acceptors (Lipinski definition) is 2. The zero-order chi connectivity index (χ0) is 14.4. The normalized spacial score (nSPS) is 24.4. The maximum absolute atomic E-state index is 6.19. The third-order valence-electron chi connectivity index (χ3n) is 4.25. The van der Waals surface area contributed by atoms with E-state index in [9.17, 15) is 0 Å². The van der Waals surface area contributed by atoms with Crippen LogP contribution in [0.1, 0.15) is 64.5 Å². The van der Waals surface area contributed by atoms with Crippen LogP contribution in [0.3, 0.4) is 0 Å². The molecule has 0 bridgehead atoms. The Hall–Kier alpha value is -1.02. The SMILES string of the molecule is CCCNC(C)c1cccc(OC2CCCC(C)C2)c1.